The highest BCUT2D eigenvalue weighted by molar-refractivity contribution is 6.31. The van der Waals surface area contributed by atoms with Crippen LogP contribution in [0.4, 0.5) is 4.39 Å². The first-order valence-corrected chi connectivity index (χ1v) is 11.0. The van der Waals surface area contributed by atoms with Gasteiger partial charge < -0.3 is 19.5 Å². The van der Waals surface area contributed by atoms with Crippen molar-refractivity contribution in [2.24, 2.45) is 0 Å². The van der Waals surface area contributed by atoms with Crippen LogP contribution < -0.4 is 14.8 Å². The number of morpholine rings is 1. The number of amides is 1. The summed E-state index contributed by atoms with van der Waals surface area (Å²) >= 11 is 6.35. The van der Waals surface area contributed by atoms with Crippen molar-refractivity contribution in [2.75, 3.05) is 39.5 Å². The number of rotatable bonds is 6. The molecule has 0 bridgehead atoms. The minimum atomic E-state index is -0.401. The van der Waals surface area contributed by atoms with Crippen LogP contribution in [0.5, 0.6) is 11.5 Å². The van der Waals surface area contributed by atoms with E-state index in [-0.39, 0.29) is 24.4 Å². The molecule has 6 nitrogen and oxygen atoms in total. The van der Waals surface area contributed by atoms with E-state index in [0.717, 1.165) is 5.56 Å². The van der Waals surface area contributed by atoms with E-state index in [4.69, 9.17) is 25.8 Å². The molecule has 1 N–H and O–H groups in total. The van der Waals surface area contributed by atoms with Gasteiger partial charge in [0.2, 0.25) is 5.91 Å². The first kappa shape index (κ1) is 22.6. The number of hydrogen-bond donors (Lipinski definition) is 1. The van der Waals surface area contributed by atoms with Crippen LogP contribution in [0, 0.1) is 5.82 Å². The Balaban J connectivity index is 1.45. The normalized spacial score (nSPS) is 19.7. The number of fused-ring (bicyclic) bond motifs is 1. The van der Waals surface area contributed by atoms with Crippen LogP contribution in [0.1, 0.15) is 24.1 Å². The molecule has 0 saturated carbocycles. The van der Waals surface area contributed by atoms with Gasteiger partial charge >= 0.3 is 0 Å². The largest absolute Gasteiger partial charge is 0.486 e. The van der Waals surface area contributed by atoms with Crippen LogP contribution in [0.3, 0.4) is 0 Å². The Bertz CT molecular complexity index is 980. The summed E-state index contributed by atoms with van der Waals surface area (Å²) in [6.07, 6.45) is 3.17. The summed E-state index contributed by atoms with van der Waals surface area (Å²) in [6.45, 7) is 5.02. The minimum Gasteiger partial charge on any atom is -0.486 e. The van der Waals surface area contributed by atoms with Gasteiger partial charge in [0.1, 0.15) is 19.0 Å². The predicted molar refractivity (Wildman–Crippen MR) is 121 cm³/mol. The topological polar surface area (TPSA) is 60.0 Å². The van der Waals surface area contributed by atoms with E-state index in [1.165, 1.54) is 12.1 Å². The summed E-state index contributed by atoms with van der Waals surface area (Å²) in [5.74, 6) is 0.693. The lowest BCUT2D eigenvalue weighted by molar-refractivity contribution is -0.116. The maximum Gasteiger partial charge on any atom is 0.244 e. The first-order valence-electron chi connectivity index (χ1n) is 10.7. The summed E-state index contributed by atoms with van der Waals surface area (Å²) in [7, 11) is 0. The fourth-order valence-electron chi connectivity index (χ4n) is 3.96. The Labute approximate surface area is 191 Å². The molecule has 2 aliphatic heterocycles. The molecular weight excluding hydrogens is 435 g/mol. The van der Waals surface area contributed by atoms with E-state index in [9.17, 15) is 9.18 Å². The van der Waals surface area contributed by atoms with Gasteiger partial charge in [-0.3, -0.25) is 9.69 Å². The molecule has 2 aromatic rings. The number of hydrogen-bond acceptors (Lipinski definition) is 5. The van der Waals surface area contributed by atoms with E-state index >= 15 is 0 Å². The zero-order valence-corrected chi connectivity index (χ0v) is 18.6. The van der Waals surface area contributed by atoms with Crippen molar-refractivity contribution in [3.05, 3.63) is 64.4 Å². The molecule has 1 saturated heterocycles. The van der Waals surface area contributed by atoms with Gasteiger partial charge in [0, 0.05) is 36.3 Å². The van der Waals surface area contributed by atoms with E-state index in [1.54, 1.807) is 18.2 Å². The summed E-state index contributed by atoms with van der Waals surface area (Å²) in [4.78, 5) is 14.6. The molecule has 1 amide bonds. The predicted octanol–water partition coefficient (Wildman–Crippen LogP) is 3.84. The Kier molecular flexibility index (Phi) is 7.29. The average Bonchev–Trinajstić information content (AvgIpc) is 2.79. The monoisotopic (exact) mass is 460 g/mol. The number of nitrogens with one attached hydrogen (secondary N) is 1. The fraction of sp³-hybridized carbons (Fsp3) is 0.375. The maximum absolute atomic E-state index is 14.7. The molecule has 2 aromatic carbocycles. The van der Waals surface area contributed by atoms with Gasteiger partial charge in [-0.15, -0.1) is 0 Å². The van der Waals surface area contributed by atoms with Gasteiger partial charge in [-0.2, -0.15) is 0 Å². The van der Waals surface area contributed by atoms with Crippen molar-refractivity contribution in [3.8, 4) is 11.5 Å². The fourth-order valence-corrected chi connectivity index (χ4v) is 4.25. The molecule has 170 valence electrons. The van der Waals surface area contributed by atoms with Crippen molar-refractivity contribution >= 4 is 23.6 Å². The lowest BCUT2D eigenvalue weighted by Gasteiger charge is -2.38. The average molecular weight is 461 g/mol. The van der Waals surface area contributed by atoms with Crippen molar-refractivity contribution in [3.63, 3.8) is 0 Å². The third-order valence-electron chi connectivity index (χ3n) is 5.51. The van der Waals surface area contributed by atoms with Crippen molar-refractivity contribution in [1.29, 1.82) is 0 Å². The van der Waals surface area contributed by atoms with Crippen molar-refractivity contribution in [2.45, 2.75) is 19.1 Å². The Hall–Kier alpha value is -2.61. The molecule has 2 atom stereocenters. The molecule has 2 unspecified atom stereocenters. The highest BCUT2D eigenvalue weighted by atomic mass is 35.5. The highest BCUT2D eigenvalue weighted by Gasteiger charge is 2.29. The molecule has 4 rings (SSSR count). The zero-order valence-electron chi connectivity index (χ0n) is 17.9. The molecule has 2 heterocycles. The minimum absolute atomic E-state index is 0.0163. The smallest absolute Gasteiger partial charge is 0.244 e. The summed E-state index contributed by atoms with van der Waals surface area (Å²) < 4.78 is 31.4. The Morgan fingerprint density at radius 1 is 1.25 bits per heavy atom. The molecule has 8 heteroatoms. The molecule has 0 radical (unpaired) electrons. The quantitative estimate of drug-likeness (QED) is 0.664. The number of carbonyl (C=O) groups is 1. The van der Waals surface area contributed by atoms with E-state index < -0.39 is 6.04 Å². The SMILES string of the molecule is CC1CN(C(CNC(=O)/C=C/c2ccc3c(c2)OCCO3)c2c(F)cccc2Cl)CCO1. The van der Waals surface area contributed by atoms with Crippen LogP contribution in [-0.2, 0) is 9.53 Å². The summed E-state index contributed by atoms with van der Waals surface area (Å²) in [6, 6.07) is 9.74. The number of carbonyl (C=O) groups excluding carboxylic acids is 1. The van der Waals surface area contributed by atoms with Crippen LogP contribution >= 0.6 is 11.6 Å². The molecule has 0 spiro atoms. The van der Waals surface area contributed by atoms with Crippen LogP contribution in [0.15, 0.2) is 42.5 Å². The Morgan fingerprint density at radius 3 is 2.84 bits per heavy atom. The number of nitrogens with zero attached hydrogens (tertiary/aromatic N) is 1. The maximum atomic E-state index is 14.7. The second-order valence-corrected chi connectivity index (χ2v) is 8.22. The van der Waals surface area contributed by atoms with Crippen LogP contribution in [-0.4, -0.2) is 56.4 Å². The van der Waals surface area contributed by atoms with Gasteiger partial charge in [0.25, 0.3) is 0 Å². The molecular formula is C24H26ClFN2O4. The van der Waals surface area contributed by atoms with Gasteiger partial charge in [0.15, 0.2) is 11.5 Å². The van der Waals surface area contributed by atoms with E-state index in [1.807, 2.05) is 25.1 Å². The lowest BCUT2D eigenvalue weighted by Crippen LogP contribution is -2.46. The van der Waals surface area contributed by atoms with Gasteiger partial charge in [-0.05, 0) is 42.8 Å². The lowest BCUT2D eigenvalue weighted by atomic mass is 10.0. The number of benzene rings is 2. The zero-order chi connectivity index (χ0) is 22.5. The third-order valence-corrected chi connectivity index (χ3v) is 5.84. The van der Waals surface area contributed by atoms with Gasteiger partial charge in [0.05, 0.1) is 18.8 Å². The van der Waals surface area contributed by atoms with Gasteiger partial charge in [-0.25, -0.2) is 4.39 Å². The molecule has 1 fully saturated rings. The third kappa shape index (κ3) is 5.41. The van der Waals surface area contributed by atoms with Gasteiger partial charge in [-0.1, -0.05) is 23.7 Å². The van der Waals surface area contributed by atoms with E-state index in [2.05, 4.69) is 10.2 Å². The molecule has 2 aliphatic rings. The number of ether oxygens (including phenoxy) is 3. The second-order valence-electron chi connectivity index (χ2n) is 7.81. The summed E-state index contributed by atoms with van der Waals surface area (Å²) in [5.41, 5.74) is 1.21. The molecule has 0 aliphatic carbocycles. The Morgan fingerprint density at radius 2 is 2.06 bits per heavy atom. The second kappa shape index (κ2) is 10.3. The summed E-state index contributed by atoms with van der Waals surface area (Å²) in [5, 5.41) is 3.23. The van der Waals surface area contributed by atoms with Crippen LogP contribution in [0.25, 0.3) is 6.08 Å². The van der Waals surface area contributed by atoms with E-state index in [0.29, 0.717) is 55.0 Å². The molecule has 32 heavy (non-hydrogen) atoms. The van der Waals surface area contributed by atoms with Crippen molar-refractivity contribution in [1.82, 2.24) is 10.2 Å². The molecule has 0 aromatic heterocycles. The first-order chi connectivity index (χ1) is 15.5. The van der Waals surface area contributed by atoms with Crippen molar-refractivity contribution < 1.29 is 23.4 Å². The highest BCUT2D eigenvalue weighted by Crippen LogP contribution is 2.32. The van der Waals surface area contributed by atoms with Crippen LogP contribution in [0.2, 0.25) is 5.02 Å². The standard InChI is InChI=1S/C24H26ClFN2O4/c1-16-15-28(9-10-30-16)20(24-18(25)3-2-4-19(24)26)14-27-23(29)8-6-17-5-7-21-22(13-17)32-12-11-31-21/h2-8,13,16,20H,9-12,14-15H2,1H3,(H,27,29)/b8-6+. The number of halogens is 2.